The molecule has 3 N–H and O–H groups in total. The third kappa shape index (κ3) is 5.35. The number of para-hydroxylation sites is 2. The summed E-state index contributed by atoms with van der Waals surface area (Å²) in [6.45, 7) is 0.251. The van der Waals surface area contributed by atoms with Crippen molar-refractivity contribution in [3.05, 3.63) is 60.2 Å². The molecule has 0 unspecified atom stereocenters. The molecule has 0 atom stereocenters. The number of amides is 3. The van der Waals surface area contributed by atoms with Crippen LogP contribution in [0.4, 0.5) is 10.5 Å². The maximum Gasteiger partial charge on any atom is 0.319 e. The third-order valence-corrected chi connectivity index (χ3v) is 3.09. The zero-order valence-corrected chi connectivity index (χ0v) is 12.8. The van der Waals surface area contributed by atoms with Crippen molar-refractivity contribution in [2.75, 3.05) is 18.9 Å². The Hall–Kier alpha value is -3.02. The van der Waals surface area contributed by atoms with Gasteiger partial charge in [0, 0.05) is 18.3 Å². The number of hydrogen-bond acceptors (Lipinski definition) is 3. The maximum atomic E-state index is 11.8. The molecule has 0 aromatic heterocycles. The van der Waals surface area contributed by atoms with Gasteiger partial charge in [-0.3, -0.25) is 4.79 Å². The van der Waals surface area contributed by atoms with Crippen LogP contribution < -0.4 is 20.7 Å². The lowest BCUT2D eigenvalue weighted by Gasteiger charge is -2.12. The minimum atomic E-state index is -0.444. The molecule has 6 nitrogen and oxygen atoms in total. The van der Waals surface area contributed by atoms with Gasteiger partial charge in [-0.1, -0.05) is 36.4 Å². The second kappa shape index (κ2) is 8.43. The lowest BCUT2D eigenvalue weighted by atomic mass is 10.2. The van der Waals surface area contributed by atoms with Gasteiger partial charge in [0.15, 0.2) is 0 Å². The van der Waals surface area contributed by atoms with E-state index < -0.39 is 6.03 Å². The van der Waals surface area contributed by atoms with E-state index in [1.165, 1.54) is 7.05 Å². The Bertz CT molecular complexity index is 659. The molecule has 0 aliphatic carbocycles. The van der Waals surface area contributed by atoms with Crippen molar-refractivity contribution in [3.8, 4) is 5.75 Å². The number of carbonyl (C=O) groups is 2. The second-order valence-corrected chi connectivity index (χ2v) is 4.74. The average molecular weight is 313 g/mol. The number of urea groups is 1. The number of ether oxygens (including phenoxy) is 1. The van der Waals surface area contributed by atoms with Gasteiger partial charge in [0.25, 0.3) is 0 Å². The smallest absolute Gasteiger partial charge is 0.319 e. The standard InChI is InChI=1S/C17H19N3O3/c1-18-16(21)11-19-17(22)20-15-10-6-5-7-13(15)12-23-14-8-3-2-4-9-14/h2-10H,11-12H2,1H3,(H,18,21)(H2,19,20,22). The summed E-state index contributed by atoms with van der Waals surface area (Å²) in [4.78, 5) is 22.9. The summed E-state index contributed by atoms with van der Waals surface area (Å²) in [5.41, 5.74) is 1.48. The Morgan fingerprint density at radius 3 is 2.43 bits per heavy atom. The molecular formula is C17H19N3O3. The van der Waals surface area contributed by atoms with E-state index in [0.29, 0.717) is 12.3 Å². The highest BCUT2D eigenvalue weighted by Crippen LogP contribution is 2.18. The van der Waals surface area contributed by atoms with Crippen LogP contribution in [0.3, 0.4) is 0 Å². The lowest BCUT2D eigenvalue weighted by Crippen LogP contribution is -2.37. The third-order valence-electron chi connectivity index (χ3n) is 3.09. The highest BCUT2D eigenvalue weighted by molar-refractivity contribution is 5.92. The quantitative estimate of drug-likeness (QED) is 0.764. The molecule has 0 spiro atoms. The van der Waals surface area contributed by atoms with Gasteiger partial charge in [-0.15, -0.1) is 0 Å². The highest BCUT2D eigenvalue weighted by Gasteiger charge is 2.08. The minimum Gasteiger partial charge on any atom is -0.489 e. The van der Waals surface area contributed by atoms with Crippen molar-refractivity contribution >= 4 is 17.6 Å². The van der Waals surface area contributed by atoms with E-state index in [2.05, 4.69) is 16.0 Å². The van der Waals surface area contributed by atoms with Crippen molar-refractivity contribution in [2.45, 2.75) is 6.61 Å². The Morgan fingerprint density at radius 2 is 1.70 bits per heavy atom. The van der Waals surface area contributed by atoms with Crippen LogP contribution >= 0.6 is 0 Å². The Morgan fingerprint density at radius 1 is 1.00 bits per heavy atom. The molecule has 120 valence electrons. The summed E-state index contributed by atoms with van der Waals surface area (Å²) in [6.07, 6.45) is 0. The van der Waals surface area contributed by atoms with Crippen LogP contribution in [0, 0.1) is 0 Å². The van der Waals surface area contributed by atoms with Gasteiger partial charge in [-0.25, -0.2) is 4.79 Å². The number of likely N-dealkylation sites (N-methyl/N-ethyl adjacent to an activating group) is 1. The summed E-state index contributed by atoms with van der Waals surface area (Å²) in [7, 11) is 1.51. The van der Waals surface area contributed by atoms with E-state index in [1.54, 1.807) is 6.07 Å². The van der Waals surface area contributed by atoms with Crippen LogP contribution in [0.1, 0.15) is 5.56 Å². The number of carbonyl (C=O) groups excluding carboxylic acids is 2. The fourth-order valence-corrected chi connectivity index (χ4v) is 1.86. The van der Waals surface area contributed by atoms with E-state index in [-0.39, 0.29) is 12.5 Å². The molecule has 23 heavy (non-hydrogen) atoms. The molecule has 2 aromatic rings. The van der Waals surface area contributed by atoms with Gasteiger partial charge in [0.1, 0.15) is 12.4 Å². The lowest BCUT2D eigenvalue weighted by molar-refractivity contribution is -0.119. The minimum absolute atomic E-state index is 0.0784. The monoisotopic (exact) mass is 313 g/mol. The molecule has 0 heterocycles. The van der Waals surface area contributed by atoms with Crippen LogP contribution in [0.5, 0.6) is 5.75 Å². The summed E-state index contributed by atoms with van der Waals surface area (Å²) in [6, 6.07) is 16.3. The molecule has 2 aromatic carbocycles. The van der Waals surface area contributed by atoms with E-state index in [4.69, 9.17) is 4.74 Å². The first-order chi connectivity index (χ1) is 11.2. The topological polar surface area (TPSA) is 79.5 Å². The number of rotatable bonds is 6. The van der Waals surface area contributed by atoms with E-state index in [1.807, 2.05) is 48.5 Å². The molecule has 2 rings (SSSR count). The van der Waals surface area contributed by atoms with Crippen LogP contribution in [0.25, 0.3) is 0 Å². The first kappa shape index (κ1) is 16.4. The van der Waals surface area contributed by atoms with Crippen molar-refractivity contribution < 1.29 is 14.3 Å². The van der Waals surface area contributed by atoms with Crippen LogP contribution in [-0.2, 0) is 11.4 Å². The number of hydrogen-bond donors (Lipinski definition) is 3. The first-order valence-electron chi connectivity index (χ1n) is 7.20. The fraction of sp³-hybridized carbons (Fsp3) is 0.176. The zero-order chi connectivity index (χ0) is 16.5. The molecule has 0 fully saturated rings. The first-order valence-corrected chi connectivity index (χ1v) is 7.20. The molecule has 0 aliphatic rings. The summed E-state index contributed by atoms with van der Waals surface area (Å²) >= 11 is 0. The molecule has 6 heteroatoms. The average Bonchev–Trinajstić information content (AvgIpc) is 2.59. The predicted octanol–water partition coefficient (Wildman–Crippen LogP) is 2.13. The van der Waals surface area contributed by atoms with E-state index >= 15 is 0 Å². The largest absolute Gasteiger partial charge is 0.489 e. The Balaban J connectivity index is 1.94. The van der Waals surface area contributed by atoms with Gasteiger partial charge in [0.05, 0.1) is 6.54 Å². The van der Waals surface area contributed by atoms with Crippen LogP contribution in [0.2, 0.25) is 0 Å². The maximum absolute atomic E-state index is 11.8. The number of benzene rings is 2. The normalized spacial score (nSPS) is 9.78. The van der Waals surface area contributed by atoms with Crippen molar-refractivity contribution in [2.24, 2.45) is 0 Å². The van der Waals surface area contributed by atoms with Gasteiger partial charge in [-0.2, -0.15) is 0 Å². The summed E-state index contributed by atoms with van der Waals surface area (Å²) in [5.74, 6) is 0.493. The van der Waals surface area contributed by atoms with E-state index in [0.717, 1.165) is 11.3 Å². The van der Waals surface area contributed by atoms with Gasteiger partial charge < -0.3 is 20.7 Å². The van der Waals surface area contributed by atoms with Crippen molar-refractivity contribution in [3.63, 3.8) is 0 Å². The van der Waals surface area contributed by atoms with Gasteiger partial charge in [-0.05, 0) is 18.2 Å². The van der Waals surface area contributed by atoms with Gasteiger partial charge in [0.2, 0.25) is 5.91 Å². The van der Waals surface area contributed by atoms with Crippen LogP contribution in [0.15, 0.2) is 54.6 Å². The zero-order valence-electron chi connectivity index (χ0n) is 12.8. The molecule has 0 aliphatic heterocycles. The number of nitrogens with one attached hydrogen (secondary N) is 3. The summed E-state index contributed by atoms with van der Waals surface area (Å²) in [5, 5.41) is 7.63. The Kier molecular flexibility index (Phi) is 5.99. The molecule has 0 radical (unpaired) electrons. The highest BCUT2D eigenvalue weighted by atomic mass is 16.5. The molecule has 0 saturated heterocycles. The summed E-state index contributed by atoms with van der Waals surface area (Å²) < 4.78 is 5.69. The molecule has 0 saturated carbocycles. The van der Waals surface area contributed by atoms with Gasteiger partial charge >= 0.3 is 6.03 Å². The molecule has 0 bridgehead atoms. The van der Waals surface area contributed by atoms with Crippen LogP contribution in [-0.4, -0.2) is 25.5 Å². The van der Waals surface area contributed by atoms with Crippen molar-refractivity contribution in [1.29, 1.82) is 0 Å². The molecular weight excluding hydrogens is 294 g/mol. The second-order valence-electron chi connectivity index (χ2n) is 4.74. The van der Waals surface area contributed by atoms with E-state index in [9.17, 15) is 9.59 Å². The molecule has 3 amide bonds. The fourth-order valence-electron chi connectivity index (χ4n) is 1.86. The number of anilines is 1. The Labute approximate surface area is 134 Å². The predicted molar refractivity (Wildman–Crippen MR) is 88.3 cm³/mol. The SMILES string of the molecule is CNC(=O)CNC(=O)Nc1ccccc1COc1ccccc1. The van der Waals surface area contributed by atoms with Crippen molar-refractivity contribution in [1.82, 2.24) is 10.6 Å².